The maximum Gasteiger partial charge on any atom is 0.0956 e. The summed E-state index contributed by atoms with van der Waals surface area (Å²) in [6, 6.07) is 0. The molecule has 0 saturated heterocycles. The van der Waals surface area contributed by atoms with Gasteiger partial charge in [-0.2, -0.15) is 12.6 Å². The molecule has 0 bridgehead atoms. The first-order valence-corrected chi connectivity index (χ1v) is 5.67. The fraction of sp³-hybridized carbons (Fsp3) is 0.667. The second kappa shape index (κ2) is 4.28. The maximum absolute atomic E-state index is 4.51. The molecule has 1 nitrogen and oxygen atoms in total. The predicted octanol–water partition coefficient (Wildman–Crippen LogP) is 3.05. The van der Waals surface area contributed by atoms with Crippen LogP contribution in [0.2, 0.25) is 0 Å². The van der Waals surface area contributed by atoms with Gasteiger partial charge in [0.1, 0.15) is 0 Å². The molecule has 0 saturated carbocycles. The van der Waals surface area contributed by atoms with Crippen LogP contribution < -0.4 is 0 Å². The van der Waals surface area contributed by atoms with Crippen LogP contribution in [0, 0.1) is 6.92 Å². The largest absolute Gasteiger partial charge is 0.246 e. The van der Waals surface area contributed by atoms with E-state index in [-0.39, 0.29) is 0 Å². The Labute approximate surface area is 83.6 Å². The summed E-state index contributed by atoms with van der Waals surface area (Å²) in [7, 11) is 0. The normalized spacial score (nSPS) is 11.1. The van der Waals surface area contributed by atoms with Crippen molar-refractivity contribution in [1.29, 1.82) is 0 Å². The van der Waals surface area contributed by atoms with Crippen molar-refractivity contribution in [1.82, 2.24) is 4.98 Å². The summed E-state index contributed by atoms with van der Waals surface area (Å²) in [5, 5.41) is 1.25. The molecule has 0 aliphatic rings. The Morgan fingerprint density at radius 1 is 1.50 bits per heavy atom. The van der Waals surface area contributed by atoms with Gasteiger partial charge >= 0.3 is 0 Å². The Bertz CT molecular complexity index is 253. The molecule has 68 valence electrons. The fourth-order valence-electron chi connectivity index (χ4n) is 1.03. The first kappa shape index (κ1) is 10.1. The minimum Gasteiger partial charge on any atom is -0.246 e. The summed E-state index contributed by atoms with van der Waals surface area (Å²) in [5.74, 6) is 1.47. The lowest BCUT2D eigenvalue weighted by Crippen LogP contribution is -1.85. The molecule has 0 unspecified atom stereocenters. The first-order valence-electron chi connectivity index (χ1n) is 4.22. The van der Waals surface area contributed by atoms with Gasteiger partial charge in [-0.15, -0.1) is 11.3 Å². The zero-order chi connectivity index (χ0) is 9.14. The average Bonchev–Trinajstić information content (AvgIpc) is 2.34. The highest BCUT2D eigenvalue weighted by Crippen LogP contribution is 2.24. The zero-order valence-corrected chi connectivity index (χ0v) is 9.51. The average molecular weight is 201 g/mol. The third-order valence-electron chi connectivity index (χ3n) is 1.74. The number of nitrogens with zero attached hydrogens (tertiary/aromatic N) is 1. The smallest absolute Gasteiger partial charge is 0.0956 e. The minimum absolute atomic E-state index is 0.558. The van der Waals surface area contributed by atoms with Gasteiger partial charge in [-0.25, -0.2) is 4.98 Å². The third-order valence-corrected chi connectivity index (χ3v) is 3.48. The highest BCUT2D eigenvalue weighted by Gasteiger charge is 2.08. The summed E-state index contributed by atoms with van der Waals surface area (Å²) < 4.78 is 0. The summed E-state index contributed by atoms with van der Waals surface area (Å²) in [6.45, 7) is 6.45. The number of aromatic nitrogens is 1. The van der Waals surface area contributed by atoms with Crippen LogP contribution in [0.25, 0.3) is 0 Å². The Morgan fingerprint density at radius 3 is 2.58 bits per heavy atom. The maximum atomic E-state index is 4.51. The van der Waals surface area contributed by atoms with Gasteiger partial charge < -0.3 is 0 Å². The monoisotopic (exact) mass is 201 g/mol. The van der Waals surface area contributed by atoms with Crippen molar-refractivity contribution in [2.75, 3.05) is 5.75 Å². The topological polar surface area (TPSA) is 12.9 Å². The van der Waals surface area contributed by atoms with Crippen molar-refractivity contribution >= 4 is 24.0 Å². The lowest BCUT2D eigenvalue weighted by atomic mass is 10.2. The summed E-state index contributed by atoms with van der Waals surface area (Å²) in [6.07, 6.45) is 1.05. The number of thiol groups is 1. The molecular formula is C9H15NS2. The van der Waals surface area contributed by atoms with Crippen LogP contribution in [-0.2, 0) is 6.42 Å². The van der Waals surface area contributed by atoms with Gasteiger partial charge in [-0.1, -0.05) is 13.8 Å². The van der Waals surface area contributed by atoms with E-state index < -0.39 is 0 Å². The minimum atomic E-state index is 0.558. The number of hydrogen-bond donors (Lipinski definition) is 1. The van der Waals surface area contributed by atoms with Crippen molar-refractivity contribution in [2.24, 2.45) is 0 Å². The molecule has 1 aromatic heterocycles. The van der Waals surface area contributed by atoms with Crippen LogP contribution in [0.4, 0.5) is 0 Å². The van der Waals surface area contributed by atoms with Gasteiger partial charge in [-0.05, 0) is 19.1 Å². The van der Waals surface area contributed by atoms with Crippen LogP contribution in [0.1, 0.15) is 35.3 Å². The van der Waals surface area contributed by atoms with Gasteiger partial charge in [0.05, 0.1) is 10.7 Å². The van der Waals surface area contributed by atoms with E-state index in [1.807, 2.05) is 11.3 Å². The van der Waals surface area contributed by atoms with E-state index in [0.717, 1.165) is 12.2 Å². The molecule has 0 atom stereocenters. The Balaban J connectivity index is 2.85. The van der Waals surface area contributed by atoms with Crippen LogP contribution in [0.3, 0.4) is 0 Å². The molecule has 12 heavy (non-hydrogen) atoms. The molecule has 0 aromatic carbocycles. The van der Waals surface area contributed by atoms with Crippen molar-refractivity contribution in [3.05, 3.63) is 15.6 Å². The molecule has 1 aromatic rings. The Morgan fingerprint density at radius 2 is 2.17 bits per heavy atom. The van der Waals surface area contributed by atoms with E-state index in [2.05, 4.69) is 38.4 Å². The van der Waals surface area contributed by atoms with Gasteiger partial charge in [-0.3, -0.25) is 0 Å². The van der Waals surface area contributed by atoms with E-state index in [4.69, 9.17) is 0 Å². The van der Waals surface area contributed by atoms with Crippen molar-refractivity contribution in [3.63, 3.8) is 0 Å². The Kier molecular flexibility index (Phi) is 3.59. The number of hydrogen-bond acceptors (Lipinski definition) is 3. The van der Waals surface area contributed by atoms with Crippen molar-refractivity contribution < 1.29 is 0 Å². The van der Waals surface area contributed by atoms with Gasteiger partial charge in [0.15, 0.2) is 0 Å². The van der Waals surface area contributed by atoms with E-state index in [9.17, 15) is 0 Å². The van der Waals surface area contributed by atoms with Crippen LogP contribution in [0.5, 0.6) is 0 Å². The highest BCUT2D eigenvalue weighted by atomic mass is 32.1. The second-order valence-corrected chi connectivity index (χ2v) is 4.75. The molecule has 0 fully saturated rings. The van der Waals surface area contributed by atoms with Crippen LogP contribution in [-0.4, -0.2) is 10.7 Å². The summed E-state index contributed by atoms with van der Waals surface area (Å²) in [4.78, 5) is 5.91. The molecule has 0 radical (unpaired) electrons. The quantitative estimate of drug-likeness (QED) is 0.742. The molecule has 3 heteroatoms. The predicted molar refractivity (Wildman–Crippen MR) is 58.5 cm³/mol. The zero-order valence-electron chi connectivity index (χ0n) is 7.79. The summed E-state index contributed by atoms with van der Waals surface area (Å²) >= 11 is 6.05. The second-order valence-electron chi connectivity index (χ2n) is 3.19. The van der Waals surface area contributed by atoms with Crippen molar-refractivity contribution in [3.8, 4) is 0 Å². The van der Waals surface area contributed by atoms with Gasteiger partial charge in [0.2, 0.25) is 0 Å². The van der Waals surface area contributed by atoms with Gasteiger partial charge in [0.25, 0.3) is 0 Å². The molecule has 1 rings (SSSR count). The lowest BCUT2D eigenvalue weighted by molar-refractivity contribution is 0.846. The molecule has 0 N–H and O–H groups in total. The Hall–Kier alpha value is -0.0200. The first-order chi connectivity index (χ1) is 5.65. The lowest BCUT2D eigenvalue weighted by Gasteiger charge is -1.95. The van der Waals surface area contributed by atoms with Crippen LogP contribution in [0.15, 0.2) is 0 Å². The SMILES string of the molecule is Cc1nc(C(C)C)sc1CCS. The summed E-state index contributed by atoms with van der Waals surface area (Å²) in [5.41, 5.74) is 1.19. The molecular weight excluding hydrogens is 186 g/mol. The highest BCUT2D eigenvalue weighted by molar-refractivity contribution is 7.80. The molecule has 0 aliphatic heterocycles. The van der Waals surface area contributed by atoms with Crippen molar-refractivity contribution in [2.45, 2.75) is 33.1 Å². The number of aryl methyl sites for hydroxylation is 2. The van der Waals surface area contributed by atoms with E-state index >= 15 is 0 Å². The molecule has 0 spiro atoms. The fourth-order valence-corrected chi connectivity index (χ4v) is 2.47. The molecule has 0 aliphatic carbocycles. The number of thiazole rings is 1. The van der Waals surface area contributed by atoms with E-state index in [1.54, 1.807) is 0 Å². The van der Waals surface area contributed by atoms with E-state index in [1.165, 1.54) is 15.6 Å². The van der Waals surface area contributed by atoms with Gasteiger partial charge in [0, 0.05) is 10.8 Å². The van der Waals surface area contributed by atoms with E-state index in [0.29, 0.717) is 5.92 Å². The molecule has 0 amide bonds. The molecule has 1 heterocycles. The van der Waals surface area contributed by atoms with Crippen LogP contribution >= 0.6 is 24.0 Å². The third kappa shape index (κ3) is 2.23. The standard InChI is InChI=1S/C9H15NS2/c1-6(2)9-10-7(3)8(12-9)4-5-11/h6,11H,4-5H2,1-3H3. The number of rotatable bonds is 3.